The van der Waals surface area contributed by atoms with E-state index in [1.165, 1.54) is 12.1 Å². The fourth-order valence-corrected chi connectivity index (χ4v) is 5.45. The molecule has 1 atom stereocenters. The Morgan fingerprint density at radius 1 is 0.889 bits per heavy atom. The van der Waals surface area contributed by atoms with E-state index in [0.29, 0.717) is 12.1 Å². The van der Waals surface area contributed by atoms with Gasteiger partial charge in [-0.25, -0.2) is 4.39 Å². The average molecular weight is 477 g/mol. The molecular weight excluding hydrogens is 451 g/mol. The number of carbonyl (C=O) groups excluding carboxylic acids is 1. The number of fused-ring (bicyclic) bond motifs is 2. The molecule has 36 heavy (non-hydrogen) atoms. The largest absolute Gasteiger partial charge is 0.497 e. The SMILES string of the molecule is COc1cccc(-c2c([C@H]3c4ccccc4C(=O)N3Cc3ccc(F)cc3)c3ccccc3n2C)c1. The number of para-hydroxylation sites is 1. The van der Waals surface area contributed by atoms with Crippen molar-refractivity contribution >= 4 is 16.8 Å². The second-order valence-corrected chi connectivity index (χ2v) is 9.12. The van der Waals surface area contributed by atoms with Crippen molar-refractivity contribution in [3.05, 3.63) is 125 Å². The van der Waals surface area contributed by atoms with Crippen molar-refractivity contribution in [2.24, 2.45) is 7.05 Å². The fourth-order valence-electron chi connectivity index (χ4n) is 5.45. The monoisotopic (exact) mass is 476 g/mol. The lowest BCUT2D eigenvalue weighted by molar-refractivity contribution is 0.0737. The fraction of sp³-hybridized carbons (Fsp3) is 0.129. The van der Waals surface area contributed by atoms with E-state index >= 15 is 0 Å². The summed E-state index contributed by atoms with van der Waals surface area (Å²) in [5.74, 6) is 0.458. The minimum absolute atomic E-state index is 0.0237. The molecule has 0 aliphatic carbocycles. The molecule has 4 nitrogen and oxygen atoms in total. The van der Waals surface area contributed by atoms with Crippen LogP contribution in [-0.4, -0.2) is 22.5 Å². The van der Waals surface area contributed by atoms with Gasteiger partial charge in [-0.15, -0.1) is 0 Å². The maximum atomic E-state index is 13.8. The first-order valence-corrected chi connectivity index (χ1v) is 11.9. The Bertz CT molecular complexity index is 1600. The van der Waals surface area contributed by atoms with Gasteiger partial charge in [0.25, 0.3) is 5.91 Å². The number of methoxy groups -OCH3 is 1. The van der Waals surface area contributed by atoms with Gasteiger partial charge in [-0.1, -0.05) is 60.7 Å². The highest BCUT2D eigenvalue weighted by Gasteiger charge is 2.40. The number of aromatic nitrogens is 1. The van der Waals surface area contributed by atoms with Crippen LogP contribution >= 0.6 is 0 Å². The molecule has 4 aromatic carbocycles. The summed E-state index contributed by atoms with van der Waals surface area (Å²) in [6.07, 6.45) is 0. The molecule has 5 aromatic rings. The van der Waals surface area contributed by atoms with Crippen molar-refractivity contribution < 1.29 is 13.9 Å². The van der Waals surface area contributed by atoms with Crippen molar-refractivity contribution in [3.8, 4) is 17.0 Å². The molecule has 6 rings (SSSR count). The highest BCUT2D eigenvalue weighted by Crippen LogP contribution is 2.47. The molecule has 0 radical (unpaired) electrons. The predicted molar refractivity (Wildman–Crippen MR) is 139 cm³/mol. The Labute approximate surface area is 209 Å². The van der Waals surface area contributed by atoms with E-state index in [2.05, 4.69) is 29.8 Å². The quantitative estimate of drug-likeness (QED) is 0.282. The van der Waals surface area contributed by atoms with E-state index in [0.717, 1.165) is 44.6 Å². The van der Waals surface area contributed by atoms with Crippen LogP contribution in [0.4, 0.5) is 4.39 Å². The predicted octanol–water partition coefficient (Wildman–Crippen LogP) is 6.74. The first-order chi connectivity index (χ1) is 17.6. The highest BCUT2D eigenvalue weighted by atomic mass is 19.1. The molecule has 2 heterocycles. The minimum atomic E-state index is -0.300. The van der Waals surface area contributed by atoms with Gasteiger partial charge in [0.2, 0.25) is 0 Å². The number of aryl methyl sites for hydroxylation is 1. The first-order valence-electron chi connectivity index (χ1n) is 11.9. The molecule has 1 amide bonds. The first kappa shape index (κ1) is 22.1. The summed E-state index contributed by atoms with van der Waals surface area (Å²) in [6, 6.07) is 30.2. The van der Waals surface area contributed by atoms with Crippen LogP contribution in [0.1, 0.15) is 33.1 Å². The normalized spacial score (nSPS) is 14.9. The van der Waals surface area contributed by atoms with Gasteiger partial charge in [0.1, 0.15) is 11.6 Å². The Hall–Kier alpha value is -4.38. The Morgan fingerprint density at radius 3 is 2.44 bits per heavy atom. The lowest BCUT2D eigenvalue weighted by Gasteiger charge is -2.27. The van der Waals surface area contributed by atoms with E-state index in [4.69, 9.17) is 4.74 Å². The molecule has 0 bridgehead atoms. The molecule has 0 saturated carbocycles. The van der Waals surface area contributed by atoms with Gasteiger partial charge in [0, 0.05) is 41.2 Å². The van der Waals surface area contributed by atoms with Crippen molar-refractivity contribution in [1.29, 1.82) is 0 Å². The summed E-state index contributed by atoms with van der Waals surface area (Å²) in [4.78, 5) is 15.7. The van der Waals surface area contributed by atoms with Crippen LogP contribution in [0, 0.1) is 5.82 Å². The van der Waals surface area contributed by atoms with Crippen LogP contribution in [0.15, 0.2) is 97.1 Å². The molecule has 0 unspecified atom stereocenters. The van der Waals surface area contributed by atoms with E-state index in [1.807, 2.05) is 59.5 Å². The van der Waals surface area contributed by atoms with Crippen molar-refractivity contribution in [2.45, 2.75) is 12.6 Å². The maximum Gasteiger partial charge on any atom is 0.255 e. The molecule has 0 N–H and O–H groups in total. The zero-order chi connectivity index (χ0) is 24.8. The van der Waals surface area contributed by atoms with Crippen LogP contribution in [-0.2, 0) is 13.6 Å². The number of carbonyl (C=O) groups is 1. The molecular formula is C31H25FN2O2. The molecule has 0 saturated heterocycles. The minimum Gasteiger partial charge on any atom is -0.497 e. The standard InChI is InChI=1S/C31H25FN2O2/c1-33-27-13-6-5-12-26(27)28(29(33)21-8-7-9-23(18-21)36-2)30-24-10-3-4-11-25(24)31(35)34(30)19-20-14-16-22(32)17-15-20/h3-18,30H,19H2,1-2H3/t30-/m1/s1. The number of amides is 1. The van der Waals surface area contributed by atoms with Gasteiger partial charge in [-0.3, -0.25) is 4.79 Å². The second-order valence-electron chi connectivity index (χ2n) is 9.12. The van der Waals surface area contributed by atoms with Gasteiger partial charge in [0.15, 0.2) is 0 Å². The van der Waals surface area contributed by atoms with Crippen LogP contribution in [0.5, 0.6) is 5.75 Å². The Kier molecular flexibility index (Phi) is 5.33. The third-order valence-electron chi connectivity index (χ3n) is 7.09. The molecule has 0 fully saturated rings. The molecule has 1 aliphatic heterocycles. The zero-order valence-electron chi connectivity index (χ0n) is 20.1. The van der Waals surface area contributed by atoms with Gasteiger partial charge in [-0.2, -0.15) is 0 Å². The van der Waals surface area contributed by atoms with Gasteiger partial charge < -0.3 is 14.2 Å². The summed E-state index contributed by atoms with van der Waals surface area (Å²) in [7, 11) is 3.73. The van der Waals surface area contributed by atoms with Crippen LogP contribution in [0.3, 0.4) is 0 Å². The lowest BCUT2D eigenvalue weighted by atomic mass is 9.93. The smallest absolute Gasteiger partial charge is 0.255 e. The summed E-state index contributed by atoms with van der Waals surface area (Å²) in [5.41, 5.74) is 6.77. The molecule has 1 aromatic heterocycles. The average Bonchev–Trinajstić information content (AvgIpc) is 3.36. The van der Waals surface area contributed by atoms with E-state index < -0.39 is 0 Å². The second kappa shape index (κ2) is 8.68. The molecule has 178 valence electrons. The molecule has 5 heteroatoms. The highest BCUT2D eigenvalue weighted by molar-refractivity contribution is 6.02. The topological polar surface area (TPSA) is 34.5 Å². The third kappa shape index (κ3) is 3.47. The number of benzene rings is 4. The molecule has 0 spiro atoms. The summed E-state index contributed by atoms with van der Waals surface area (Å²) >= 11 is 0. The third-order valence-corrected chi connectivity index (χ3v) is 7.09. The van der Waals surface area contributed by atoms with Crippen LogP contribution < -0.4 is 4.74 Å². The summed E-state index contributed by atoms with van der Waals surface area (Å²) in [6.45, 7) is 0.374. The summed E-state index contributed by atoms with van der Waals surface area (Å²) in [5, 5.41) is 1.09. The zero-order valence-corrected chi connectivity index (χ0v) is 20.1. The maximum absolute atomic E-state index is 13.8. The number of halogens is 1. The van der Waals surface area contributed by atoms with E-state index in [-0.39, 0.29) is 17.8 Å². The van der Waals surface area contributed by atoms with Gasteiger partial charge in [-0.05, 0) is 47.5 Å². The molecule has 1 aliphatic rings. The van der Waals surface area contributed by atoms with Crippen LogP contribution in [0.2, 0.25) is 0 Å². The van der Waals surface area contributed by atoms with Crippen molar-refractivity contribution in [1.82, 2.24) is 9.47 Å². The summed E-state index contributed by atoms with van der Waals surface area (Å²) < 4.78 is 21.3. The number of ether oxygens (including phenoxy) is 1. The van der Waals surface area contributed by atoms with Gasteiger partial charge >= 0.3 is 0 Å². The van der Waals surface area contributed by atoms with Gasteiger partial charge in [0.05, 0.1) is 18.8 Å². The Balaban J connectivity index is 1.62. The number of hydrogen-bond donors (Lipinski definition) is 0. The number of hydrogen-bond acceptors (Lipinski definition) is 2. The van der Waals surface area contributed by atoms with Crippen molar-refractivity contribution in [2.75, 3.05) is 7.11 Å². The van der Waals surface area contributed by atoms with Crippen molar-refractivity contribution in [3.63, 3.8) is 0 Å². The number of nitrogens with zero attached hydrogens (tertiary/aromatic N) is 2. The van der Waals surface area contributed by atoms with E-state index in [1.54, 1.807) is 19.2 Å². The lowest BCUT2D eigenvalue weighted by Crippen LogP contribution is -2.28. The van der Waals surface area contributed by atoms with Crippen LogP contribution in [0.25, 0.3) is 22.2 Å². The number of rotatable bonds is 5. The van der Waals surface area contributed by atoms with E-state index in [9.17, 15) is 9.18 Å². The Morgan fingerprint density at radius 2 is 1.64 bits per heavy atom.